The van der Waals surface area contributed by atoms with Crippen molar-refractivity contribution in [2.45, 2.75) is 33.6 Å². The topological polar surface area (TPSA) is 68.0 Å². The lowest BCUT2D eigenvalue weighted by atomic mass is 10.1. The molecular formula is C20H21N3O2. The molecule has 3 aromatic rings. The Bertz CT molecular complexity index is 879. The molecule has 2 aromatic carbocycles. The van der Waals surface area contributed by atoms with Crippen LogP contribution in [0.3, 0.4) is 0 Å². The summed E-state index contributed by atoms with van der Waals surface area (Å²) in [6, 6.07) is 13.8. The average Bonchev–Trinajstić information content (AvgIpc) is 3.01. The Morgan fingerprint density at radius 1 is 1.04 bits per heavy atom. The number of aryl methyl sites for hydroxylation is 4. The Morgan fingerprint density at radius 3 is 2.48 bits per heavy atom. The lowest BCUT2D eigenvalue weighted by Crippen LogP contribution is -2.12. The number of aromatic nitrogens is 2. The molecule has 5 nitrogen and oxygen atoms in total. The highest BCUT2D eigenvalue weighted by atomic mass is 16.4. The van der Waals surface area contributed by atoms with Crippen LogP contribution < -0.4 is 5.32 Å². The van der Waals surface area contributed by atoms with E-state index in [-0.39, 0.29) is 5.91 Å². The highest BCUT2D eigenvalue weighted by molar-refractivity contribution is 5.90. The number of hydrogen-bond donors (Lipinski definition) is 1. The Labute approximate surface area is 147 Å². The minimum Gasteiger partial charge on any atom is -0.421 e. The van der Waals surface area contributed by atoms with Gasteiger partial charge in [0.1, 0.15) is 0 Å². The first kappa shape index (κ1) is 16.9. The first-order valence-electron chi connectivity index (χ1n) is 8.28. The second-order valence-electron chi connectivity index (χ2n) is 6.24. The van der Waals surface area contributed by atoms with Crippen LogP contribution in [0.15, 0.2) is 46.9 Å². The van der Waals surface area contributed by atoms with Crippen LogP contribution in [0.25, 0.3) is 11.5 Å². The van der Waals surface area contributed by atoms with Crippen LogP contribution in [0.5, 0.6) is 0 Å². The van der Waals surface area contributed by atoms with Crippen molar-refractivity contribution in [3.8, 4) is 11.5 Å². The van der Waals surface area contributed by atoms with E-state index in [4.69, 9.17) is 4.42 Å². The first-order valence-corrected chi connectivity index (χ1v) is 8.28. The molecule has 0 aliphatic heterocycles. The van der Waals surface area contributed by atoms with Gasteiger partial charge in [-0.2, -0.15) is 0 Å². The van der Waals surface area contributed by atoms with Crippen molar-refractivity contribution in [2.24, 2.45) is 0 Å². The Kier molecular flexibility index (Phi) is 4.93. The number of benzene rings is 2. The lowest BCUT2D eigenvalue weighted by Gasteiger charge is -2.06. The number of nitrogens with one attached hydrogen (secondary N) is 1. The molecule has 0 unspecified atom stereocenters. The number of amides is 1. The number of hydrogen-bond acceptors (Lipinski definition) is 4. The zero-order valence-electron chi connectivity index (χ0n) is 14.7. The summed E-state index contributed by atoms with van der Waals surface area (Å²) in [7, 11) is 0. The third kappa shape index (κ3) is 4.32. The molecule has 0 fully saturated rings. The van der Waals surface area contributed by atoms with E-state index in [9.17, 15) is 4.79 Å². The van der Waals surface area contributed by atoms with E-state index in [0.717, 1.165) is 27.9 Å². The van der Waals surface area contributed by atoms with Crippen molar-refractivity contribution >= 4 is 11.6 Å². The summed E-state index contributed by atoms with van der Waals surface area (Å²) >= 11 is 0. The third-order valence-electron chi connectivity index (χ3n) is 3.91. The minimum atomic E-state index is -0.0689. The van der Waals surface area contributed by atoms with E-state index in [2.05, 4.69) is 21.6 Å². The molecular weight excluding hydrogens is 314 g/mol. The molecule has 0 saturated carbocycles. The molecule has 128 valence electrons. The molecule has 0 radical (unpaired) electrons. The smallest absolute Gasteiger partial charge is 0.247 e. The summed E-state index contributed by atoms with van der Waals surface area (Å²) in [4.78, 5) is 12.1. The summed E-state index contributed by atoms with van der Waals surface area (Å²) in [5.74, 6) is 0.886. The fourth-order valence-electron chi connectivity index (χ4n) is 2.77. The fourth-order valence-corrected chi connectivity index (χ4v) is 2.77. The van der Waals surface area contributed by atoms with E-state index in [1.54, 1.807) is 0 Å². The number of anilines is 1. The molecule has 0 spiro atoms. The Morgan fingerprint density at radius 2 is 1.76 bits per heavy atom. The van der Waals surface area contributed by atoms with Crippen LogP contribution in [0.2, 0.25) is 0 Å². The second-order valence-corrected chi connectivity index (χ2v) is 6.24. The SMILES string of the molecule is Cc1cc(C)cc(NC(=O)CCc2nnc(-c3ccccc3C)o2)c1. The van der Waals surface area contributed by atoms with Gasteiger partial charge >= 0.3 is 0 Å². The zero-order valence-corrected chi connectivity index (χ0v) is 14.7. The fraction of sp³-hybridized carbons (Fsp3) is 0.250. The van der Waals surface area contributed by atoms with Gasteiger partial charge in [0, 0.05) is 24.1 Å². The molecule has 0 aliphatic rings. The molecule has 1 aromatic heterocycles. The van der Waals surface area contributed by atoms with E-state index >= 15 is 0 Å². The van der Waals surface area contributed by atoms with Gasteiger partial charge in [0.05, 0.1) is 0 Å². The number of rotatable bonds is 5. The van der Waals surface area contributed by atoms with Crippen molar-refractivity contribution in [3.05, 3.63) is 65.0 Å². The molecule has 5 heteroatoms. The minimum absolute atomic E-state index is 0.0689. The lowest BCUT2D eigenvalue weighted by molar-refractivity contribution is -0.116. The maximum absolute atomic E-state index is 12.1. The molecule has 0 atom stereocenters. The summed E-state index contributed by atoms with van der Waals surface area (Å²) in [6.45, 7) is 6.01. The monoisotopic (exact) mass is 335 g/mol. The number of carbonyl (C=O) groups excluding carboxylic acids is 1. The second kappa shape index (κ2) is 7.30. The predicted octanol–water partition coefficient (Wildman–Crippen LogP) is 4.23. The highest BCUT2D eigenvalue weighted by Crippen LogP contribution is 2.22. The van der Waals surface area contributed by atoms with Crippen LogP contribution in [0, 0.1) is 20.8 Å². The molecule has 0 bridgehead atoms. The van der Waals surface area contributed by atoms with Crippen molar-refractivity contribution in [1.29, 1.82) is 0 Å². The van der Waals surface area contributed by atoms with Gasteiger partial charge in [0.25, 0.3) is 0 Å². The summed E-state index contributed by atoms with van der Waals surface area (Å²) in [5, 5.41) is 11.0. The van der Waals surface area contributed by atoms with Gasteiger partial charge in [0.15, 0.2) is 0 Å². The number of carbonyl (C=O) groups is 1. The Balaban J connectivity index is 1.60. The highest BCUT2D eigenvalue weighted by Gasteiger charge is 2.12. The molecule has 1 N–H and O–H groups in total. The summed E-state index contributed by atoms with van der Waals surface area (Å²) in [6.07, 6.45) is 0.706. The van der Waals surface area contributed by atoms with E-state index in [1.165, 1.54) is 0 Å². The van der Waals surface area contributed by atoms with Crippen molar-refractivity contribution < 1.29 is 9.21 Å². The van der Waals surface area contributed by atoms with Gasteiger partial charge in [-0.25, -0.2) is 0 Å². The standard InChI is InChI=1S/C20H21N3O2/c1-13-10-14(2)12-16(11-13)21-18(24)8-9-19-22-23-20(25-19)17-7-5-4-6-15(17)3/h4-7,10-12H,8-9H2,1-3H3,(H,21,24). The van der Waals surface area contributed by atoms with E-state index < -0.39 is 0 Å². The number of nitrogens with zero attached hydrogens (tertiary/aromatic N) is 2. The first-order chi connectivity index (χ1) is 12.0. The zero-order chi connectivity index (χ0) is 17.8. The van der Waals surface area contributed by atoms with Gasteiger partial charge in [-0.3, -0.25) is 4.79 Å². The normalized spacial score (nSPS) is 10.7. The third-order valence-corrected chi connectivity index (χ3v) is 3.91. The molecule has 1 amide bonds. The van der Waals surface area contributed by atoms with Crippen LogP contribution in [-0.2, 0) is 11.2 Å². The van der Waals surface area contributed by atoms with Crippen molar-refractivity contribution in [1.82, 2.24) is 10.2 Å². The molecule has 1 heterocycles. The average molecular weight is 335 g/mol. The largest absolute Gasteiger partial charge is 0.421 e. The van der Waals surface area contributed by atoms with E-state index in [0.29, 0.717) is 24.6 Å². The van der Waals surface area contributed by atoms with Crippen molar-refractivity contribution in [2.75, 3.05) is 5.32 Å². The van der Waals surface area contributed by atoms with Crippen molar-refractivity contribution in [3.63, 3.8) is 0 Å². The van der Waals surface area contributed by atoms with Gasteiger partial charge in [-0.05, 0) is 55.7 Å². The van der Waals surface area contributed by atoms with Crippen LogP contribution in [0.1, 0.15) is 29.0 Å². The summed E-state index contributed by atoms with van der Waals surface area (Å²) in [5.41, 5.74) is 5.05. The van der Waals surface area contributed by atoms with Gasteiger partial charge in [-0.1, -0.05) is 24.3 Å². The molecule has 3 rings (SSSR count). The molecule has 0 aliphatic carbocycles. The maximum Gasteiger partial charge on any atom is 0.247 e. The maximum atomic E-state index is 12.1. The predicted molar refractivity (Wildman–Crippen MR) is 97.3 cm³/mol. The Hall–Kier alpha value is -2.95. The summed E-state index contributed by atoms with van der Waals surface area (Å²) < 4.78 is 5.69. The van der Waals surface area contributed by atoms with Crippen LogP contribution >= 0.6 is 0 Å². The van der Waals surface area contributed by atoms with Gasteiger partial charge < -0.3 is 9.73 Å². The molecule has 0 saturated heterocycles. The van der Waals surface area contributed by atoms with Gasteiger partial charge in [0.2, 0.25) is 17.7 Å². The van der Waals surface area contributed by atoms with Crippen LogP contribution in [0.4, 0.5) is 5.69 Å². The quantitative estimate of drug-likeness (QED) is 0.757. The van der Waals surface area contributed by atoms with Crippen LogP contribution in [-0.4, -0.2) is 16.1 Å². The van der Waals surface area contributed by atoms with E-state index in [1.807, 2.05) is 57.2 Å². The van der Waals surface area contributed by atoms with Gasteiger partial charge in [-0.15, -0.1) is 10.2 Å². The molecule has 25 heavy (non-hydrogen) atoms.